The highest BCUT2D eigenvalue weighted by Gasteiger charge is 2.29. The molecule has 1 aliphatic rings. The van der Waals surface area contributed by atoms with Gasteiger partial charge in [-0.25, -0.2) is 13.6 Å². The zero-order valence-corrected chi connectivity index (χ0v) is 20.2. The molecule has 1 amide bonds. The van der Waals surface area contributed by atoms with Gasteiger partial charge in [0.2, 0.25) is 10.0 Å². The Morgan fingerprint density at radius 2 is 1.77 bits per heavy atom. The molecule has 8 nitrogen and oxygen atoms in total. The first-order chi connectivity index (χ1) is 14.7. The van der Waals surface area contributed by atoms with Gasteiger partial charge in [0.05, 0.1) is 38.7 Å². The van der Waals surface area contributed by atoms with E-state index in [0.717, 1.165) is 9.13 Å². The van der Waals surface area contributed by atoms with Crippen LogP contribution in [0.2, 0.25) is 0 Å². The zero-order valence-electron chi connectivity index (χ0n) is 17.3. The van der Waals surface area contributed by atoms with Crippen LogP contribution in [-0.4, -0.2) is 33.3 Å². The van der Waals surface area contributed by atoms with Gasteiger partial charge in [-0.15, -0.1) is 0 Å². The molecule has 10 heteroatoms. The van der Waals surface area contributed by atoms with Crippen LogP contribution in [0.15, 0.2) is 52.0 Å². The van der Waals surface area contributed by atoms with E-state index in [1.165, 1.54) is 29.3 Å². The lowest BCUT2D eigenvalue weighted by atomic mass is 10.1. The number of sulfonamides is 1. The number of halogens is 1. The molecule has 0 saturated heterocycles. The average Bonchev–Trinajstić information content (AvgIpc) is 2.98. The van der Waals surface area contributed by atoms with Gasteiger partial charge in [0.15, 0.2) is 11.5 Å². The van der Waals surface area contributed by atoms with Gasteiger partial charge in [0.25, 0.3) is 5.91 Å². The SMILES string of the molecule is CCOc1cc(/C=C2\C(=O)N(c3ccc(S(N)(=O)=O)cc3)N=C2C)cc(I)c1OCC. The second-order valence-electron chi connectivity index (χ2n) is 6.60. The molecule has 0 saturated carbocycles. The molecule has 164 valence electrons. The number of nitrogens with zero attached hydrogens (tertiary/aromatic N) is 2. The molecule has 2 aromatic carbocycles. The van der Waals surface area contributed by atoms with Crippen LogP contribution in [-0.2, 0) is 14.8 Å². The molecular weight excluding hydrogens is 533 g/mol. The van der Waals surface area contributed by atoms with Gasteiger partial charge in [-0.2, -0.15) is 10.1 Å². The Balaban J connectivity index is 1.94. The van der Waals surface area contributed by atoms with E-state index in [1.807, 2.05) is 26.0 Å². The van der Waals surface area contributed by atoms with Crippen LogP contribution < -0.4 is 19.6 Å². The third-order valence-corrected chi connectivity index (χ3v) is 6.13. The van der Waals surface area contributed by atoms with Crippen LogP contribution in [0.25, 0.3) is 6.08 Å². The Kier molecular flexibility index (Phi) is 7.02. The monoisotopic (exact) mass is 555 g/mol. The van der Waals surface area contributed by atoms with E-state index in [9.17, 15) is 13.2 Å². The lowest BCUT2D eigenvalue weighted by molar-refractivity contribution is -0.114. The summed E-state index contributed by atoms with van der Waals surface area (Å²) < 4.78 is 35.2. The van der Waals surface area contributed by atoms with Gasteiger partial charge in [-0.1, -0.05) is 0 Å². The highest BCUT2D eigenvalue weighted by molar-refractivity contribution is 14.1. The number of primary sulfonamides is 1. The van der Waals surface area contributed by atoms with Gasteiger partial charge >= 0.3 is 0 Å². The first-order valence-corrected chi connectivity index (χ1v) is 12.1. The standard InChI is InChI=1S/C21H22IN3O5S/c1-4-29-19-12-14(11-18(22)20(19)30-5-2)10-17-13(3)24-25(21(17)26)15-6-8-16(9-7-15)31(23,27)28/h6-12H,4-5H2,1-3H3,(H2,23,27,28)/b17-10-. The fraction of sp³-hybridized carbons (Fsp3) is 0.238. The van der Waals surface area contributed by atoms with Crippen LogP contribution in [0.5, 0.6) is 11.5 Å². The van der Waals surface area contributed by atoms with E-state index in [1.54, 1.807) is 13.0 Å². The van der Waals surface area contributed by atoms with Crippen LogP contribution in [0, 0.1) is 3.57 Å². The van der Waals surface area contributed by atoms with Crippen molar-refractivity contribution in [1.29, 1.82) is 0 Å². The van der Waals surface area contributed by atoms with Crippen molar-refractivity contribution in [3.05, 3.63) is 51.1 Å². The predicted octanol–water partition coefficient (Wildman–Crippen LogP) is 3.54. The van der Waals surface area contributed by atoms with E-state index in [0.29, 0.717) is 41.7 Å². The molecule has 1 heterocycles. The third kappa shape index (κ3) is 5.08. The smallest absolute Gasteiger partial charge is 0.280 e. The summed E-state index contributed by atoms with van der Waals surface area (Å²) in [5, 5.41) is 10.7. The summed E-state index contributed by atoms with van der Waals surface area (Å²) in [6.07, 6.45) is 1.75. The van der Waals surface area contributed by atoms with E-state index in [2.05, 4.69) is 27.7 Å². The summed E-state index contributed by atoms with van der Waals surface area (Å²) in [4.78, 5) is 13.0. The Hall–Kier alpha value is -2.44. The maximum Gasteiger partial charge on any atom is 0.280 e. The minimum atomic E-state index is -3.81. The van der Waals surface area contributed by atoms with Crippen molar-refractivity contribution in [3.8, 4) is 11.5 Å². The molecule has 0 radical (unpaired) electrons. The van der Waals surface area contributed by atoms with Crippen LogP contribution >= 0.6 is 22.6 Å². The Morgan fingerprint density at radius 3 is 2.35 bits per heavy atom. The lowest BCUT2D eigenvalue weighted by Gasteiger charge is -2.14. The molecule has 0 atom stereocenters. The normalized spacial score (nSPS) is 15.4. The topological polar surface area (TPSA) is 111 Å². The number of hydrogen-bond acceptors (Lipinski definition) is 6. The van der Waals surface area contributed by atoms with Gasteiger partial charge in [0, 0.05) is 0 Å². The number of carbonyl (C=O) groups excluding carboxylic acids is 1. The molecule has 1 aliphatic heterocycles. The van der Waals surface area contributed by atoms with Crippen molar-refractivity contribution in [1.82, 2.24) is 0 Å². The maximum atomic E-state index is 13.0. The number of hydrazone groups is 1. The van der Waals surface area contributed by atoms with Crippen molar-refractivity contribution in [2.24, 2.45) is 10.2 Å². The molecule has 3 rings (SSSR count). The number of hydrogen-bond donors (Lipinski definition) is 1. The van der Waals surface area contributed by atoms with Crippen LogP contribution in [0.3, 0.4) is 0 Å². The van der Waals surface area contributed by atoms with E-state index in [-0.39, 0.29) is 10.8 Å². The quantitative estimate of drug-likeness (QED) is 0.415. The summed E-state index contributed by atoms with van der Waals surface area (Å²) in [7, 11) is -3.81. The minimum Gasteiger partial charge on any atom is -0.490 e. The van der Waals surface area contributed by atoms with Gasteiger partial charge in [-0.3, -0.25) is 4.79 Å². The number of anilines is 1. The van der Waals surface area contributed by atoms with Gasteiger partial charge < -0.3 is 9.47 Å². The Bertz CT molecular complexity index is 1170. The largest absolute Gasteiger partial charge is 0.490 e. The van der Waals surface area contributed by atoms with Crippen molar-refractivity contribution < 1.29 is 22.7 Å². The number of ether oxygens (including phenoxy) is 2. The second-order valence-corrected chi connectivity index (χ2v) is 9.32. The number of nitrogens with two attached hydrogens (primary N) is 1. The first-order valence-electron chi connectivity index (χ1n) is 9.49. The summed E-state index contributed by atoms with van der Waals surface area (Å²) in [6.45, 7) is 6.54. The second kappa shape index (κ2) is 9.37. The highest BCUT2D eigenvalue weighted by atomic mass is 127. The predicted molar refractivity (Wildman–Crippen MR) is 128 cm³/mol. The first kappa shape index (κ1) is 23.2. The summed E-state index contributed by atoms with van der Waals surface area (Å²) in [5.74, 6) is 0.966. The van der Waals surface area contributed by atoms with Crippen molar-refractivity contribution in [3.63, 3.8) is 0 Å². The Morgan fingerprint density at radius 1 is 1.13 bits per heavy atom. The molecule has 0 aromatic heterocycles. The average molecular weight is 555 g/mol. The van der Waals surface area contributed by atoms with E-state index in [4.69, 9.17) is 14.6 Å². The Labute approximate surface area is 194 Å². The maximum absolute atomic E-state index is 13.0. The molecule has 0 fully saturated rings. The van der Waals surface area contributed by atoms with Gasteiger partial charge in [0.1, 0.15) is 0 Å². The van der Waals surface area contributed by atoms with Gasteiger partial charge in [-0.05, 0) is 91.4 Å². The van der Waals surface area contributed by atoms with E-state index < -0.39 is 10.0 Å². The molecule has 0 bridgehead atoms. The lowest BCUT2D eigenvalue weighted by Crippen LogP contribution is -2.21. The van der Waals surface area contributed by atoms with Crippen LogP contribution in [0.1, 0.15) is 26.3 Å². The fourth-order valence-electron chi connectivity index (χ4n) is 3.02. The molecule has 2 aromatic rings. The molecule has 0 unspecified atom stereocenters. The number of amides is 1. The van der Waals surface area contributed by atoms with Crippen molar-refractivity contribution in [2.75, 3.05) is 18.2 Å². The van der Waals surface area contributed by atoms with Crippen molar-refractivity contribution in [2.45, 2.75) is 25.7 Å². The summed E-state index contributed by atoms with van der Waals surface area (Å²) >= 11 is 2.18. The summed E-state index contributed by atoms with van der Waals surface area (Å²) in [5.41, 5.74) is 2.19. The number of carbonyl (C=O) groups is 1. The summed E-state index contributed by atoms with van der Waals surface area (Å²) in [6, 6.07) is 9.40. The third-order valence-electron chi connectivity index (χ3n) is 4.40. The highest BCUT2D eigenvalue weighted by Crippen LogP contribution is 2.35. The molecule has 31 heavy (non-hydrogen) atoms. The van der Waals surface area contributed by atoms with E-state index >= 15 is 0 Å². The molecule has 0 aliphatic carbocycles. The van der Waals surface area contributed by atoms with Crippen molar-refractivity contribution >= 4 is 56.0 Å². The number of benzene rings is 2. The molecule has 2 N–H and O–H groups in total. The minimum absolute atomic E-state index is 0.0354. The molecule has 0 spiro atoms. The van der Waals surface area contributed by atoms with Crippen LogP contribution in [0.4, 0.5) is 5.69 Å². The zero-order chi connectivity index (χ0) is 22.8. The fourth-order valence-corrected chi connectivity index (χ4v) is 4.32. The molecular formula is C21H22IN3O5S. The number of rotatable bonds is 7.